The van der Waals surface area contributed by atoms with E-state index in [1.54, 1.807) is 6.26 Å². The first-order chi connectivity index (χ1) is 11.4. The summed E-state index contributed by atoms with van der Waals surface area (Å²) in [4.78, 5) is 7.26. The van der Waals surface area contributed by atoms with E-state index in [0.29, 0.717) is 6.10 Å². The van der Waals surface area contributed by atoms with Crippen molar-refractivity contribution in [2.45, 2.75) is 51.0 Å². The highest BCUT2D eigenvalue weighted by molar-refractivity contribution is 14.0. The van der Waals surface area contributed by atoms with Gasteiger partial charge >= 0.3 is 0 Å². The Bertz CT molecular complexity index is 467. The lowest BCUT2D eigenvalue weighted by Crippen LogP contribution is -2.45. The number of hydrogen-bond donors (Lipinski definition) is 1. The first kappa shape index (κ1) is 19.6. The first-order valence-electron chi connectivity index (χ1n) is 9.09. The fourth-order valence-corrected chi connectivity index (χ4v) is 3.27. The van der Waals surface area contributed by atoms with Gasteiger partial charge in [-0.2, -0.15) is 0 Å². The molecule has 1 aromatic heterocycles. The molecule has 0 saturated carbocycles. The van der Waals surface area contributed by atoms with E-state index >= 15 is 0 Å². The number of ether oxygens (including phenoxy) is 1. The summed E-state index contributed by atoms with van der Waals surface area (Å²) in [6.45, 7) is 4.75. The molecule has 0 spiro atoms. The molecule has 1 N–H and O–H groups in total. The molecular formula is C18H30IN3O2. The van der Waals surface area contributed by atoms with Gasteiger partial charge in [0.2, 0.25) is 0 Å². The first-order valence-corrected chi connectivity index (χ1v) is 9.09. The lowest BCUT2D eigenvalue weighted by Gasteiger charge is -2.31. The van der Waals surface area contributed by atoms with Crippen LogP contribution in [0.4, 0.5) is 0 Å². The van der Waals surface area contributed by atoms with E-state index in [1.165, 1.54) is 32.1 Å². The van der Waals surface area contributed by atoms with E-state index in [-0.39, 0.29) is 24.0 Å². The summed E-state index contributed by atoms with van der Waals surface area (Å²) in [5.74, 6) is 2.07. The van der Waals surface area contributed by atoms with Gasteiger partial charge in [-0.1, -0.05) is 0 Å². The van der Waals surface area contributed by atoms with E-state index in [1.807, 2.05) is 12.1 Å². The molecule has 3 rings (SSSR count). The average Bonchev–Trinajstić information content (AvgIpc) is 3.13. The number of furan rings is 1. The van der Waals surface area contributed by atoms with Gasteiger partial charge in [0, 0.05) is 32.7 Å². The van der Waals surface area contributed by atoms with Crippen LogP contribution in [0.3, 0.4) is 0 Å². The maximum absolute atomic E-state index is 5.81. The molecule has 0 bridgehead atoms. The van der Waals surface area contributed by atoms with Crippen LogP contribution >= 0.6 is 24.0 Å². The topological polar surface area (TPSA) is 50.0 Å². The average molecular weight is 447 g/mol. The van der Waals surface area contributed by atoms with Crippen molar-refractivity contribution < 1.29 is 9.15 Å². The number of likely N-dealkylation sites (tertiary alicyclic amines) is 1. The number of hydrogen-bond acceptors (Lipinski definition) is 3. The minimum absolute atomic E-state index is 0. The molecule has 1 aromatic rings. The number of aliphatic imine (C=N–C) groups is 1. The van der Waals surface area contributed by atoms with Crippen molar-refractivity contribution in [2.24, 2.45) is 4.99 Å². The maximum atomic E-state index is 5.81. The monoisotopic (exact) mass is 447 g/mol. The van der Waals surface area contributed by atoms with E-state index in [0.717, 1.165) is 57.3 Å². The van der Waals surface area contributed by atoms with E-state index in [9.17, 15) is 0 Å². The van der Waals surface area contributed by atoms with Gasteiger partial charge in [-0.25, -0.2) is 0 Å². The fourth-order valence-electron chi connectivity index (χ4n) is 3.27. The zero-order valence-corrected chi connectivity index (χ0v) is 16.7. The van der Waals surface area contributed by atoms with Crippen molar-refractivity contribution >= 4 is 29.9 Å². The lowest BCUT2D eigenvalue weighted by molar-refractivity contribution is 0.0223. The van der Waals surface area contributed by atoms with E-state index in [4.69, 9.17) is 14.1 Å². The molecule has 3 heterocycles. The third kappa shape index (κ3) is 6.27. The largest absolute Gasteiger partial charge is 0.469 e. The van der Waals surface area contributed by atoms with Crippen LogP contribution in [0.1, 0.15) is 44.3 Å². The predicted molar refractivity (Wildman–Crippen MR) is 107 cm³/mol. The molecule has 0 aliphatic carbocycles. The van der Waals surface area contributed by atoms with Crippen LogP contribution in [0, 0.1) is 0 Å². The van der Waals surface area contributed by atoms with Gasteiger partial charge in [-0.05, 0) is 50.7 Å². The Morgan fingerprint density at radius 2 is 2.08 bits per heavy atom. The second kappa shape index (κ2) is 11.0. The molecule has 24 heavy (non-hydrogen) atoms. The van der Waals surface area contributed by atoms with E-state index < -0.39 is 0 Å². The van der Waals surface area contributed by atoms with E-state index in [2.05, 4.69) is 10.2 Å². The van der Waals surface area contributed by atoms with Crippen LogP contribution in [0.25, 0.3) is 0 Å². The number of halogens is 1. The fraction of sp³-hybridized carbons (Fsp3) is 0.722. The third-order valence-corrected chi connectivity index (χ3v) is 4.61. The molecule has 2 saturated heterocycles. The van der Waals surface area contributed by atoms with Crippen molar-refractivity contribution in [2.75, 3.05) is 32.8 Å². The zero-order valence-electron chi connectivity index (χ0n) is 14.4. The number of nitrogens with one attached hydrogen (secondary N) is 1. The Hall–Kier alpha value is -0.760. The SMILES string of the molecule is I.c1coc(CCNC(=NCC2CCCCO2)N2CCCCC2)c1. The summed E-state index contributed by atoms with van der Waals surface area (Å²) < 4.78 is 11.2. The molecule has 5 nitrogen and oxygen atoms in total. The lowest BCUT2D eigenvalue weighted by atomic mass is 10.1. The van der Waals surface area contributed by atoms with Crippen molar-refractivity contribution in [3.63, 3.8) is 0 Å². The van der Waals surface area contributed by atoms with Crippen LogP contribution in [-0.2, 0) is 11.2 Å². The summed E-state index contributed by atoms with van der Waals surface area (Å²) in [5.41, 5.74) is 0. The van der Waals surface area contributed by atoms with Crippen molar-refractivity contribution in [1.29, 1.82) is 0 Å². The molecule has 0 amide bonds. The molecular weight excluding hydrogens is 417 g/mol. The van der Waals surface area contributed by atoms with Crippen molar-refractivity contribution in [3.8, 4) is 0 Å². The minimum atomic E-state index is 0. The third-order valence-electron chi connectivity index (χ3n) is 4.61. The predicted octanol–water partition coefficient (Wildman–Crippen LogP) is 3.44. The zero-order chi connectivity index (χ0) is 15.7. The standard InChI is InChI=1S/C18H29N3O2.HI/c1-3-11-21(12-4-1)18(19-10-9-16-8-6-14-22-16)20-15-17-7-2-5-13-23-17;/h6,8,14,17H,1-5,7,9-13,15H2,(H,19,20);1H. The molecule has 2 aliphatic rings. The number of piperidine rings is 1. The molecule has 2 aliphatic heterocycles. The van der Waals surface area contributed by atoms with Crippen molar-refractivity contribution in [1.82, 2.24) is 10.2 Å². The van der Waals surface area contributed by atoms with Gasteiger partial charge in [0.25, 0.3) is 0 Å². The van der Waals surface area contributed by atoms with Crippen LogP contribution in [0.5, 0.6) is 0 Å². The van der Waals surface area contributed by atoms with Crippen LogP contribution in [0.15, 0.2) is 27.8 Å². The Labute approximate surface area is 162 Å². The summed E-state index contributed by atoms with van der Waals surface area (Å²) >= 11 is 0. The summed E-state index contributed by atoms with van der Waals surface area (Å²) in [6.07, 6.45) is 10.4. The molecule has 0 aromatic carbocycles. The number of guanidine groups is 1. The summed E-state index contributed by atoms with van der Waals surface area (Å²) in [6, 6.07) is 3.96. The Morgan fingerprint density at radius 1 is 1.21 bits per heavy atom. The maximum Gasteiger partial charge on any atom is 0.194 e. The van der Waals surface area contributed by atoms with Gasteiger partial charge in [0.1, 0.15) is 5.76 Å². The normalized spacial score (nSPS) is 22.1. The Kier molecular flexibility index (Phi) is 8.94. The second-order valence-corrected chi connectivity index (χ2v) is 6.46. The van der Waals surface area contributed by atoms with Gasteiger partial charge in [0.15, 0.2) is 5.96 Å². The highest BCUT2D eigenvalue weighted by Gasteiger charge is 2.17. The Balaban J connectivity index is 0.00000208. The molecule has 1 unspecified atom stereocenters. The van der Waals surface area contributed by atoms with Gasteiger partial charge in [0.05, 0.1) is 18.9 Å². The quantitative estimate of drug-likeness (QED) is 0.427. The molecule has 2 fully saturated rings. The molecule has 136 valence electrons. The summed E-state index contributed by atoms with van der Waals surface area (Å²) in [5, 5.41) is 3.53. The highest BCUT2D eigenvalue weighted by atomic mass is 127. The van der Waals surface area contributed by atoms with Gasteiger partial charge < -0.3 is 19.4 Å². The van der Waals surface area contributed by atoms with Gasteiger partial charge in [-0.15, -0.1) is 24.0 Å². The Morgan fingerprint density at radius 3 is 2.79 bits per heavy atom. The minimum Gasteiger partial charge on any atom is -0.469 e. The molecule has 6 heteroatoms. The number of nitrogens with zero attached hydrogens (tertiary/aromatic N) is 2. The summed E-state index contributed by atoms with van der Waals surface area (Å²) in [7, 11) is 0. The smallest absolute Gasteiger partial charge is 0.194 e. The van der Waals surface area contributed by atoms with Crippen LogP contribution in [-0.4, -0.2) is 49.7 Å². The second-order valence-electron chi connectivity index (χ2n) is 6.46. The van der Waals surface area contributed by atoms with Gasteiger partial charge in [-0.3, -0.25) is 4.99 Å². The number of rotatable bonds is 5. The van der Waals surface area contributed by atoms with Crippen LogP contribution < -0.4 is 5.32 Å². The van der Waals surface area contributed by atoms with Crippen molar-refractivity contribution in [3.05, 3.63) is 24.2 Å². The molecule has 1 atom stereocenters. The highest BCUT2D eigenvalue weighted by Crippen LogP contribution is 2.14. The van der Waals surface area contributed by atoms with Crippen LogP contribution in [0.2, 0.25) is 0 Å². The molecule has 0 radical (unpaired) electrons.